The van der Waals surface area contributed by atoms with Gasteiger partial charge in [0.2, 0.25) is 10.0 Å². The Bertz CT molecular complexity index is 1180. The summed E-state index contributed by atoms with van der Waals surface area (Å²) in [5.41, 5.74) is 2.71. The Balaban J connectivity index is 1.54. The number of sulfonamides is 1. The molecule has 8 nitrogen and oxygen atoms in total. The van der Waals surface area contributed by atoms with Gasteiger partial charge in [-0.05, 0) is 50.2 Å². The standard InChI is InChI=1S/C22H30N6O2S/c1-5-26(3)20-7-6-10-23-22(20)27-11-12-28(16(2)15-27)21-14-17-13-18(25-31(4,29)30)8-9-19(17)24-21/h6-10,13-14,16,24-25H,5,11-12,15H2,1-4H3. The fourth-order valence-electron chi connectivity index (χ4n) is 4.16. The molecule has 1 atom stereocenters. The SMILES string of the molecule is CCN(C)c1cccnc1N1CCN(c2cc3cc(NS(C)(=O)=O)ccc3[nH]2)C(C)C1. The van der Waals surface area contributed by atoms with E-state index in [1.54, 1.807) is 6.07 Å². The van der Waals surface area contributed by atoms with Crippen LogP contribution in [0.3, 0.4) is 0 Å². The molecule has 1 unspecified atom stereocenters. The molecule has 31 heavy (non-hydrogen) atoms. The summed E-state index contributed by atoms with van der Waals surface area (Å²) in [6.07, 6.45) is 3.02. The van der Waals surface area contributed by atoms with Crippen molar-refractivity contribution in [3.05, 3.63) is 42.6 Å². The van der Waals surface area contributed by atoms with Gasteiger partial charge in [-0.15, -0.1) is 0 Å². The van der Waals surface area contributed by atoms with Gasteiger partial charge < -0.3 is 19.7 Å². The number of nitrogens with one attached hydrogen (secondary N) is 2. The van der Waals surface area contributed by atoms with E-state index in [0.717, 1.165) is 60.7 Å². The molecule has 0 amide bonds. The van der Waals surface area contributed by atoms with Crippen LogP contribution in [0.5, 0.6) is 0 Å². The van der Waals surface area contributed by atoms with Crippen LogP contribution in [0.25, 0.3) is 10.9 Å². The molecule has 166 valence electrons. The normalized spacial score (nSPS) is 17.2. The zero-order valence-electron chi connectivity index (χ0n) is 18.5. The molecule has 9 heteroatoms. The molecule has 0 bridgehead atoms. The van der Waals surface area contributed by atoms with Crippen LogP contribution in [0.2, 0.25) is 0 Å². The molecule has 1 aliphatic heterocycles. The number of pyridine rings is 1. The van der Waals surface area contributed by atoms with Crippen LogP contribution in [0.4, 0.5) is 23.0 Å². The van der Waals surface area contributed by atoms with Crippen molar-refractivity contribution in [3.63, 3.8) is 0 Å². The van der Waals surface area contributed by atoms with Gasteiger partial charge in [-0.3, -0.25) is 4.72 Å². The molecule has 4 rings (SSSR count). The summed E-state index contributed by atoms with van der Waals surface area (Å²) in [5, 5.41) is 0.981. The molecule has 3 heterocycles. The lowest BCUT2D eigenvalue weighted by Gasteiger charge is -2.42. The maximum atomic E-state index is 11.5. The monoisotopic (exact) mass is 442 g/mol. The third-order valence-corrected chi connectivity index (χ3v) is 6.40. The minimum absolute atomic E-state index is 0.289. The minimum atomic E-state index is -3.30. The van der Waals surface area contributed by atoms with E-state index in [1.807, 2.05) is 24.4 Å². The number of benzene rings is 1. The van der Waals surface area contributed by atoms with E-state index >= 15 is 0 Å². The Labute approximate surface area is 183 Å². The topological polar surface area (TPSA) is 84.6 Å². The number of H-pyrrole nitrogens is 1. The van der Waals surface area contributed by atoms with Gasteiger partial charge in [-0.2, -0.15) is 0 Å². The van der Waals surface area contributed by atoms with Gasteiger partial charge in [0.25, 0.3) is 0 Å². The number of hydrogen-bond donors (Lipinski definition) is 2. The van der Waals surface area contributed by atoms with E-state index in [2.05, 4.69) is 62.4 Å². The molecule has 1 saturated heterocycles. The summed E-state index contributed by atoms with van der Waals surface area (Å²) in [6, 6.07) is 12.0. The second-order valence-corrected chi connectivity index (χ2v) is 9.93. The predicted molar refractivity (Wildman–Crippen MR) is 129 cm³/mol. The summed E-state index contributed by atoms with van der Waals surface area (Å²) in [5.74, 6) is 2.08. The van der Waals surface area contributed by atoms with Crippen LogP contribution in [-0.2, 0) is 10.0 Å². The molecule has 2 N–H and O–H groups in total. The second-order valence-electron chi connectivity index (χ2n) is 8.18. The van der Waals surface area contributed by atoms with Crippen LogP contribution < -0.4 is 19.4 Å². The fourth-order valence-corrected chi connectivity index (χ4v) is 4.71. The Hall–Kier alpha value is -2.94. The van der Waals surface area contributed by atoms with Crippen LogP contribution in [0.1, 0.15) is 13.8 Å². The largest absolute Gasteiger partial charge is 0.372 e. The molecule has 1 aliphatic rings. The molecule has 0 aliphatic carbocycles. The highest BCUT2D eigenvalue weighted by atomic mass is 32.2. The average molecular weight is 443 g/mol. The van der Waals surface area contributed by atoms with Crippen molar-refractivity contribution >= 4 is 43.9 Å². The molecular weight excluding hydrogens is 412 g/mol. The molecule has 3 aromatic rings. The third-order valence-electron chi connectivity index (χ3n) is 5.80. The Kier molecular flexibility index (Phi) is 5.70. The van der Waals surface area contributed by atoms with Crippen molar-refractivity contribution in [1.29, 1.82) is 0 Å². The predicted octanol–water partition coefficient (Wildman–Crippen LogP) is 3.11. The average Bonchev–Trinajstić information content (AvgIpc) is 3.15. The summed E-state index contributed by atoms with van der Waals surface area (Å²) in [6.45, 7) is 7.91. The summed E-state index contributed by atoms with van der Waals surface area (Å²) < 4.78 is 25.6. The zero-order valence-corrected chi connectivity index (χ0v) is 19.3. The molecule has 0 spiro atoms. The molecule has 0 saturated carbocycles. The van der Waals surface area contributed by atoms with Gasteiger partial charge in [0, 0.05) is 62.1 Å². The zero-order chi connectivity index (χ0) is 22.2. The van der Waals surface area contributed by atoms with Crippen LogP contribution in [-0.4, -0.2) is 63.9 Å². The Morgan fingerprint density at radius 1 is 1.26 bits per heavy atom. The summed E-state index contributed by atoms with van der Waals surface area (Å²) >= 11 is 0. The van der Waals surface area contributed by atoms with Gasteiger partial charge in [-0.1, -0.05) is 0 Å². The first-order chi connectivity index (χ1) is 14.7. The van der Waals surface area contributed by atoms with Crippen molar-refractivity contribution in [3.8, 4) is 0 Å². The first kappa shape index (κ1) is 21.3. The van der Waals surface area contributed by atoms with Crippen molar-refractivity contribution in [2.45, 2.75) is 19.9 Å². The highest BCUT2D eigenvalue weighted by molar-refractivity contribution is 7.92. The number of aromatic amines is 1. The summed E-state index contributed by atoms with van der Waals surface area (Å²) in [7, 11) is -1.20. The van der Waals surface area contributed by atoms with Gasteiger partial charge in [-0.25, -0.2) is 13.4 Å². The third kappa shape index (κ3) is 4.56. The van der Waals surface area contributed by atoms with Gasteiger partial charge in [0.05, 0.1) is 11.9 Å². The Morgan fingerprint density at radius 2 is 2.06 bits per heavy atom. The molecule has 2 aromatic heterocycles. The second kappa shape index (κ2) is 8.30. The lowest BCUT2D eigenvalue weighted by molar-refractivity contribution is 0.544. The molecule has 0 radical (unpaired) electrons. The first-order valence-electron chi connectivity index (χ1n) is 10.5. The van der Waals surface area contributed by atoms with E-state index < -0.39 is 10.0 Å². The maximum absolute atomic E-state index is 11.5. The van der Waals surface area contributed by atoms with Crippen LogP contribution in [0.15, 0.2) is 42.6 Å². The van der Waals surface area contributed by atoms with E-state index in [0.29, 0.717) is 5.69 Å². The lowest BCUT2D eigenvalue weighted by Crippen LogP contribution is -2.52. The maximum Gasteiger partial charge on any atom is 0.229 e. The smallest absolute Gasteiger partial charge is 0.229 e. The van der Waals surface area contributed by atoms with Crippen molar-refractivity contribution in [2.75, 3.05) is 58.9 Å². The van der Waals surface area contributed by atoms with Gasteiger partial charge >= 0.3 is 0 Å². The lowest BCUT2D eigenvalue weighted by atomic mass is 10.1. The van der Waals surface area contributed by atoms with E-state index in [4.69, 9.17) is 0 Å². The number of aromatic nitrogens is 2. The number of hydrogen-bond acceptors (Lipinski definition) is 6. The van der Waals surface area contributed by atoms with Crippen LogP contribution >= 0.6 is 0 Å². The van der Waals surface area contributed by atoms with Gasteiger partial charge in [0.15, 0.2) is 5.82 Å². The highest BCUT2D eigenvalue weighted by Crippen LogP contribution is 2.31. The van der Waals surface area contributed by atoms with Crippen molar-refractivity contribution < 1.29 is 8.42 Å². The number of rotatable bonds is 6. The van der Waals surface area contributed by atoms with Crippen molar-refractivity contribution in [2.24, 2.45) is 0 Å². The quantitative estimate of drug-likeness (QED) is 0.610. The highest BCUT2D eigenvalue weighted by Gasteiger charge is 2.27. The first-order valence-corrected chi connectivity index (χ1v) is 12.4. The number of fused-ring (bicyclic) bond motifs is 1. The fraction of sp³-hybridized carbons (Fsp3) is 0.409. The number of anilines is 4. The van der Waals surface area contributed by atoms with E-state index in [-0.39, 0.29) is 6.04 Å². The van der Waals surface area contributed by atoms with E-state index in [9.17, 15) is 8.42 Å². The minimum Gasteiger partial charge on any atom is -0.372 e. The summed E-state index contributed by atoms with van der Waals surface area (Å²) in [4.78, 5) is 15.1. The number of nitrogens with zero attached hydrogens (tertiary/aromatic N) is 4. The van der Waals surface area contributed by atoms with Crippen molar-refractivity contribution in [1.82, 2.24) is 9.97 Å². The molecule has 1 aromatic carbocycles. The molecular formula is C22H30N6O2S. The van der Waals surface area contributed by atoms with E-state index in [1.165, 1.54) is 0 Å². The van der Waals surface area contributed by atoms with Crippen LogP contribution in [0, 0.1) is 0 Å². The number of piperazine rings is 1. The Morgan fingerprint density at radius 3 is 2.77 bits per heavy atom. The van der Waals surface area contributed by atoms with Gasteiger partial charge in [0.1, 0.15) is 5.82 Å². The molecule has 1 fully saturated rings.